The van der Waals surface area contributed by atoms with Gasteiger partial charge in [0.15, 0.2) is 5.79 Å². The molecule has 0 amide bonds. The summed E-state index contributed by atoms with van der Waals surface area (Å²) in [5, 5.41) is 0. The maximum atomic E-state index is 5.49. The maximum Gasteiger partial charge on any atom is 0.195 e. The molecule has 0 saturated heterocycles. The van der Waals surface area contributed by atoms with Gasteiger partial charge in [-0.3, -0.25) is 0 Å². The smallest absolute Gasteiger partial charge is 0.195 e. The van der Waals surface area contributed by atoms with Gasteiger partial charge in [0.2, 0.25) is 0 Å². The number of hydrogen-bond acceptors (Lipinski definition) is 3. The molecule has 20 heavy (non-hydrogen) atoms. The largest absolute Gasteiger partial charge is 0.497 e. The number of ether oxygens (including phenoxy) is 3. The fraction of sp³-hybridized carbons (Fsp3) is 0.294. The van der Waals surface area contributed by atoms with Gasteiger partial charge in [0.05, 0.1) is 7.11 Å². The summed E-state index contributed by atoms with van der Waals surface area (Å²) < 4.78 is 16.3. The van der Waals surface area contributed by atoms with Crippen LogP contribution in [0.4, 0.5) is 0 Å². The Balaban J connectivity index is 2.22. The van der Waals surface area contributed by atoms with E-state index < -0.39 is 5.79 Å². The summed E-state index contributed by atoms with van der Waals surface area (Å²) in [6.45, 7) is 0. The van der Waals surface area contributed by atoms with Crippen LogP contribution in [0.5, 0.6) is 0 Å². The van der Waals surface area contributed by atoms with Crippen LogP contribution in [-0.2, 0) is 14.2 Å². The molecular formula is C17H20O3. The number of methoxy groups -OCH3 is 3. The highest BCUT2D eigenvalue weighted by atomic mass is 16.7. The van der Waals surface area contributed by atoms with Gasteiger partial charge < -0.3 is 14.2 Å². The second-order valence-corrected chi connectivity index (χ2v) is 4.61. The molecule has 0 aliphatic heterocycles. The molecule has 0 fully saturated rings. The van der Waals surface area contributed by atoms with Crippen molar-refractivity contribution in [2.45, 2.75) is 12.2 Å². The maximum absolute atomic E-state index is 5.49. The average Bonchev–Trinajstić information content (AvgIpc) is 2.53. The van der Waals surface area contributed by atoms with Crippen LogP contribution >= 0.6 is 0 Å². The SMILES string of the molecule is COC1=CC(OC)(OC)CC(/C=C\c2ccccc2)=C1. The van der Waals surface area contributed by atoms with Crippen LogP contribution in [0.25, 0.3) is 6.08 Å². The molecule has 0 radical (unpaired) electrons. The Bertz CT molecular complexity index is 522. The fourth-order valence-corrected chi connectivity index (χ4v) is 2.17. The Morgan fingerprint density at radius 2 is 1.70 bits per heavy atom. The van der Waals surface area contributed by atoms with Gasteiger partial charge in [-0.05, 0) is 17.2 Å². The zero-order valence-corrected chi connectivity index (χ0v) is 12.1. The van der Waals surface area contributed by atoms with Gasteiger partial charge in [0.25, 0.3) is 0 Å². The van der Waals surface area contributed by atoms with E-state index in [0.717, 1.165) is 16.9 Å². The molecule has 0 unspecified atom stereocenters. The Morgan fingerprint density at radius 3 is 2.30 bits per heavy atom. The molecule has 3 nitrogen and oxygen atoms in total. The molecule has 1 aliphatic rings. The summed E-state index contributed by atoms with van der Waals surface area (Å²) in [6, 6.07) is 10.2. The average molecular weight is 272 g/mol. The zero-order chi connectivity index (χ0) is 14.4. The van der Waals surface area contributed by atoms with Crippen molar-refractivity contribution in [3.63, 3.8) is 0 Å². The van der Waals surface area contributed by atoms with Gasteiger partial charge in [0.1, 0.15) is 5.76 Å². The van der Waals surface area contributed by atoms with Crippen molar-refractivity contribution in [2.24, 2.45) is 0 Å². The van der Waals surface area contributed by atoms with E-state index in [-0.39, 0.29) is 0 Å². The van der Waals surface area contributed by atoms with Gasteiger partial charge in [-0.25, -0.2) is 0 Å². The third-order valence-corrected chi connectivity index (χ3v) is 3.36. The lowest BCUT2D eigenvalue weighted by atomic mass is 9.97. The number of rotatable bonds is 5. The minimum Gasteiger partial charge on any atom is -0.497 e. The van der Waals surface area contributed by atoms with E-state index >= 15 is 0 Å². The van der Waals surface area contributed by atoms with E-state index in [1.807, 2.05) is 30.4 Å². The molecule has 0 saturated carbocycles. The van der Waals surface area contributed by atoms with Crippen molar-refractivity contribution in [3.8, 4) is 0 Å². The van der Waals surface area contributed by atoms with Crippen molar-refractivity contribution in [3.05, 3.63) is 65.5 Å². The minimum absolute atomic E-state index is 0.649. The summed E-state index contributed by atoms with van der Waals surface area (Å²) in [4.78, 5) is 0. The first-order valence-corrected chi connectivity index (χ1v) is 6.52. The molecule has 2 rings (SSSR count). The predicted octanol–water partition coefficient (Wildman–Crippen LogP) is 3.55. The van der Waals surface area contributed by atoms with E-state index in [1.54, 1.807) is 21.3 Å². The normalized spacial score (nSPS) is 17.8. The standard InChI is InChI=1S/C17H20O3/c1-18-16-11-15(12-17(13-16,19-2)20-3)10-9-14-7-5-4-6-8-14/h4-11,13H,12H2,1-3H3/b10-9-. The molecule has 0 bridgehead atoms. The first kappa shape index (κ1) is 14.6. The zero-order valence-electron chi connectivity index (χ0n) is 12.1. The van der Waals surface area contributed by atoms with E-state index in [2.05, 4.69) is 24.3 Å². The highest BCUT2D eigenvalue weighted by Gasteiger charge is 2.31. The van der Waals surface area contributed by atoms with Crippen LogP contribution in [0.3, 0.4) is 0 Å². The summed E-state index contributed by atoms with van der Waals surface area (Å²) in [7, 11) is 4.91. The molecule has 106 valence electrons. The lowest BCUT2D eigenvalue weighted by Gasteiger charge is -2.31. The van der Waals surface area contributed by atoms with Gasteiger partial charge >= 0.3 is 0 Å². The Labute approximate surface area is 120 Å². The lowest BCUT2D eigenvalue weighted by Crippen LogP contribution is -2.34. The molecule has 0 atom stereocenters. The molecular weight excluding hydrogens is 252 g/mol. The third kappa shape index (κ3) is 3.38. The van der Waals surface area contributed by atoms with Crippen LogP contribution in [0.1, 0.15) is 12.0 Å². The molecule has 3 heteroatoms. The molecule has 1 aliphatic carbocycles. The lowest BCUT2D eigenvalue weighted by molar-refractivity contribution is -0.170. The Kier molecular flexibility index (Phi) is 4.77. The van der Waals surface area contributed by atoms with Gasteiger partial charge in [-0.1, -0.05) is 42.5 Å². The van der Waals surface area contributed by atoms with Crippen molar-refractivity contribution in [1.82, 2.24) is 0 Å². The first-order valence-electron chi connectivity index (χ1n) is 6.52. The predicted molar refractivity (Wildman–Crippen MR) is 80.0 cm³/mol. The van der Waals surface area contributed by atoms with E-state index in [0.29, 0.717) is 6.42 Å². The Morgan fingerprint density at radius 1 is 1.00 bits per heavy atom. The van der Waals surface area contributed by atoms with Crippen LogP contribution in [0, 0.1) is 0 Å². The first-order chi connectivity index (χ1) is 9.71. The van der Waals surface area contributed by atoms with E-state index in [4.69, 9.17) is 14.2 Å². The van der Waals surface area contributed by atoms with Crippen molar-refractivity contribution >= 4 is 6.08 Å². The molecule has 1 aromatic rings. The minimum atomic E-state index is -0.754. The second-order valence-electron chi connectivity index (χ2n) is 4.61. The van der Waals surface area contributed by atoms with Crippen molar-refractivity contribution in [1.29, 1.82) is 0 Å². The molecule has 0 N–H and O–H groups in total. The van der Waals surface area contributed by atoms with Gasteiger partial charge in [0, 0.05) is 26.7 Å². The van der Waals surface area contributed by atoms with E-state index in [1.165, 1.54) is 0 Å². The highest BCUT2D eigenvalue weighted by molar-refractivity contribution is 5.54. The molecule has 0 spiro atoms. The van der Waals surface area contributed by atoms with Crippen LogP contribution in [0.15, 0.2) is 59.9 Å². The van der Waals surface area contributed by atoms with Crippen LogP contribution < -0.4 is 0 Å². The number of allylic oxidation sites excluding steroid dienone is 2. The highest BCUT2D eigenvalue weighted by Crippen LogP contribution is 2.31. The molecule has 1 aromatic carbocycles. The summed E-state index contributed by atoms with van der Waals surface area (Å²) in [5.41, 5.74) is 2.25. The molecule has 0 heterocycles. The van der Waals surface area contributed by atoms with Gasteiger partial charge in [-0.2, -0.15) is 0 Å². The summed E-state index contributed by atoms with van der Waals surface area (Å²) >= 11 is 0. The summed E-state index contributed by atoms with van der Waals surface area (Å²) in [5.74, 6) is -0.0103. The Hall–Kier alpha value is -1.84. The van der Waals surface area contributed by atoms with Gasteiger partial charge in [-0.15, -0.1) is 0 Å². The van der Waals surface area contributed by atoms with Crippen LogP contribution in [0.2, 0.25) is 0 Å². The van der Waals surface area contributed by atoms with Crippen LogP contribution in [-0.4, -0.2) is 27.1 Å². The topological polar surface area (TPSA) is 27.7 Å². The van der Waals surface area contributed by atoms with Crippen molar-refractivity contribution in [2.75, 3.05) is 21.3 Å². The monoisotopic (exact) mass is 272 g/mol. The van der Waals surface area contributed by atoms with E-state index in [9.17, 15) is 0 Å². The third-order valence-electron chi connectivity index (χ3n) is 3.36. The molecule has 0 aromatic heterocycles. The number of hydrogen-bond donors (Lipinski definition) is 0. The fourth-order valence-electron chi connectivity index (χ4n) is 2.17. The second kappa shape index (κ2) is 6.55. The quantitative estimate of drug-likeness (QED) is 0.767. The van der Waals surface area contributed by atoms with Crippen molar-refractivity contribution < 1.29 is 14.2 Å². The number of benzene rings is 1. The summed E-state index contributed by atoms with van der Waals surface area (Å²) in [6.07, 6.45) is 8.63.